The Kier molecular flexibility index (Phi) is 14.6. The van der Waals surface area contributed by atoms with Gasteiger partial charge in [-0.25, -0.2) is 4.99 Å². The summed E-state index contributed by atoms with van der Waals surface area (Å²) in [5, 5.41) is 3.48. The second kappa shape index (κ2) is 16.0. The molecule has 0 aromatic heterocycles. The minimum atomic E-state index is 0. The summed E-state index contributed by atoms with van der Waals surface area (Å²) in [6.45, 7) is 9.57. The lowest BCUT2D eigenvalue weighted by Gasteiger charge is -2.27. The van der Waals surface area contributed by atoms with Crippen LogP contribution < -0.4 is 5.32 Å². The quantitative estimate of drug-likeness (QED) is 0.175. The summed E-state index contributed by atoms with van der Waals surface area (Å²) in [5.41, 5.74) is 0. The van der Waals surface area contributed by atoms with E-state index >= 15 is 0 Å². The third kappa shape index (κ3) is 10.6. The first kappa shape index (κ1) is 27.3. The van der Waals surface area contributed by atoms with Crippen LogP contribution in [0.15, 0.2) is 4.99 Å². The molecule has 2 aliphatic heterocycles. The summed E-state index contributed by atoms with van der Waals surface area (Å²) >= 11 is 0. The first-order chi connectivity index (χ1) is 14.1. The van der Waals surface area contributed by atoms with Gasteiger partial charge in [0.1, 0.15) is 6.54 Å². The fraction of sp³-hybridized carbons (Fsp3) is 0.900. The van der Waals surface area contributed by atoms with E-state index in [1.165, 1.54) is 0 Å². The van der Waals surface area contributed by atoms with Crippen LogP contribution in [-0.4, -0.2) is 127 Å². The number of hydrogen-bond donors (Lipinski definition) is 1. The van der Waals surface area contributed by atoms with Crippen molar-refractivity contribution in [3.8, 4) is 0 Å². The van der Waals surface area contributed by atoms with Crippen molar-refractivity contribution in [2.24, 2.45) is 10.9 Å². The van der Waals surface area contributed by atoms with E-state index in [1.54, 1.807) is 26.1 Å². The van der Waals surface area contributed by atoms with E-state index < -0.39 is 0 Å². The predicted octanol–water partition coefficient (Wildman–Crippen LogP) is 0.345. The van der Waals surface area contributed by atoms with Crippen LogP contribution in [-0.2, 0) is 19.0 Å². The Morgan fingerprint density at radius 2 is 2.00 bits per heavy atom. The highest BCUT2D eigenvalue weighted by molar-refractivity contribution is 14.0. The summed E-state index contributed by atoms with van der Waals surface area (Å²) < 4.78 is 16.1. The third-order valence-electron chi connectivity index (χ3n) is 5.27. The van der Waals surface area contributed by atoms with Crippen molar-refractivity contribution >= 4 is 35.8 Å². The Balaban J connectivity index is 0.00000450. The minimum Gasteiger partial charge on any atom is -0.382 e. The second-order valence-electron chi connectivity index (χ2n) is 7.83. The summed E-state index contributed by atoms with van der Waals surface area (Å²) in [6.07, 6.45) is 2.11. The van der Waals surface area contributed by atoms with Gasteiger partial charge in [-0.3, -0.25) is 9.69 Å². The molecule has 30 heavy (non-hydrogen) atoms. The lowest BCUT2D eigenvalue weighted by Crippen LogP contribution is -2.43. The van der Waals surface area contributed by atoms with Gasteiger partial charge in [-0.2, -0.15) is 0 Å². The average Bonchev–Trinajstić information content (AvgIpc) is 3.20. The molecule has 0 aliphatic carbocycles. The van der Waals surface area contributed by atoms with E-state index in [9.17, 15) is 4.79 Å². The van der Waals surface area contributed by atoms with Crippen molar-refractivity contribution in [2.45, 2.75) is 12.8 Å². The number of morpholine rings is 1. The van der Waals surface area contributed by atoms with Crippen LogP contribution >= 0.6 is 24.0 Å². The molecular weight excluding hydrogens is 501 g/mol. The number of halogens is 1. The van der Waals surface area contributed by atoms with Gasteiger partial charge in [0, 0.05) is 59.8 Å². The maximum atomic E-state index is 12.0. The van der Waals surface area contributed by atoms with Crippen LogP contribution in [0.3, 0.4) is 0 Å². The van der Waals surface area contributed by atoms with Crippen LogP contribution in [0.5, 0.6) is 0 Å². The monoisotopic (exact) mass is 541 g/mol. The molecule has 9 nitrogen and oxygen atoms in total. The van der Waals surface area contributed by atoms with E-state index in [0.717, 1.165) is 77.9 Å². The number of guanidine groups is 1. The number of likely N-dealkylation sites (N-methyl/N-ethyl adjacent to an activating group) is 1. The van der Waals surface area contributed by atoms with Gasteiger partial charge in [0.2, 0.25) is 5.91 Å². The van der Waals surface area contributed by atoms with Gasteiger partial charge in [0.25, 0.3) is 0 Å². The summed E-state index contributed by atoms with van der Waals surface area (Å²) in [7, 11) is 5.20. The Hall–Kier alpha value is -0.690. The minimum absolute atomic E-state index is 0. The zero-order valence-corrected chi connectivity index (χ0v) is 21.1. The molecule has 10 heteroatoms. The lowest BCUT2D eigenvalue weighted by molar-refractivity contribution is -0.127. The van der Waals surface area contributed by atoms with Crippen molar-refractivity contribution in [3.63, 3.8) is 0 Å². The summed E-state index contributed by atoms with van der Waals surface area (Å²) in [4.78, 5) is 22.9. The zero-order valence-electron chi connectivity index (χ0n) is 18.8. The smallest absolute Gasteiger partial charge is 0.243 e. The maximum absolute atomic E-state index is 12.0. The number of likely N-dealkylation sites (tertiary alicyclic amines) is 1. The molecule has 176 valence electrons. The van der Waals surface area contributed by atoms with Crippen molar-refractivity contribution in [3.05, 3.63) is 0 Å². The van der Waals surface area contributed by atoms with Gasteiger partial charge in [0.15, 0.2) is 5.96 Å². The molecule has 0 spiro atoms. The third-order valence-corrected chi connectivity index (χ3v) is 5.27. The highest BCUT2D eigenvalue weighted by Gasteiger charge is 2.25. The number of amides is 1. The zero-order chi connectivity index (χ0) is 20.9. The van der Waals surface area contributed by atoms with Crippen LogP contribution in [0.2, 0.25) is 0 Å². The van der Waals surface area contributed by atoms with Gasteiger partial charge in [0.05, 0.1) is 33.0 Å². The number of carbonyl (C=O) groups is 1. The standard InChI is InChI=1S/C20H39N5O4.HI/c1-23(2)19(26)15-22-20(21-6-4-7-24-9-11-28-12-10-24)25-8-5-18(16-25)17-29-14-13-27-3;/h18H,4-17H2,1-3H3,(H,21,22);1H. The summed E-state index contributed by atoms with van der Waals surface area (Å²) in [6, 6.07) is 0. The normalized spacial score (nSPS) is 20.2. The average molecular weight is 541 g/mol. The predicted molar refractivity (Wildman–Crippen MR) is 129 cm³/mol. The van der Waals surface area contributed by atoms with Gasteiger partial charge in [-0.1, -0.05) is 0 Å². The fourth-order valence-corrected chi connectivity index (χ4v) is 3.43. The molecule has 0 bridgehead atoms. The van der Waals surface area contributed by atoms with Crippen molar-refractivity contribution in [1.29, 1.82) is 0 Å². The number of aliphatic imine (C=N–C) groups is 1. The topological polar surface area (TPSA) is 78.9 Å². The molecule has 0 aromatic rings. The lowest BCUT2D eigenvalue weighted by atomic mass is 10.1. The number of nitrogens with zero attached hydrogens (tertiary/aromatic N) is 4. The SMILES string of the molecule is COCCOCC1CCN(C(=NCC(=O)N(C)C)NCCCN2CCOCC2)C1.I. The van der Waals surface area contributed by atoms with Crippen LogP contribution in [0.1, 0.15) is 12.8 Å². The molecule has 2 heterocycles. The van der Waals surface area contributed by atoms with E-state index in [4.69, 9.17) is 14.2 Å². The molecule has 2 rings (SSSR count). The van der Waals surface area contributed by atoms with Gasteiger partial charge in [-0.15, -0.1) is 24.0 Å². The van der Waals surface area contributed by atoms with Gasteiger partial charge < -0.3 is 29.3 Å². The van der Waals surface area contributed by atoms with Crippen molar-refractivity contribution in [2.75, 3.05) is 100 Å². The van der Waals surface area contributed by atoms with Crippen LogP contribution in [0.25, 0.3) is 0 Å². The molecule has 0 saturated carbocycles. The molecule has 2 saturated heterocycles. The first-order valence-corrected chi connectivity index (χ1v) is 10.7. The van der Waals surface area contributed by atoms with Gasteiger partial charge in [-0.05, 0) is 19.4 Å². The molecular formula is C20H40IN5O4. The number of carbonyl (C=O) groups excluding carboxylic acids is 1. The number of rotatable bonds is 11. The largest absolute Gasteiger partial charge is 0.382 e. The number of hydrogen-bond acceptors (Lipinski definition) is 6. The van der Waals surface area contributed by atoms with Gasteiger partial charge >= 0.3 is 0 Å². The molecule has 0 aromatic carbocycles. The molecule has 2 fully saturated rings. The van der Waals surface area contributed by atoms with E-state index in [0.29, 0.717) is 19.1 Å². The van der Waals surface area contributed by atoms with E-state index in [2.05, 4.69) is 20.1 Å². The highest BCUT2D eigenvalue weighted by Crippen LogP contribution is 2.16. The molecule has 1 unspecified atom stereocenters. The Morgan fingerprint density at radius 3 is 2.70 bits per heavy atom. The first-order valence-electron chi connectivity index (χ1n) is 10.7. The maximum Gasteiger partial charge on any atom is 0.243 e. The Labute approximate surface area is 198 Å². The highest BCUT2D eigenvalue weighted by atomic mass is 127. The van der Waals surface area contributed by atoms with Crippen LogP contribution in [0.4, 0.5) is 0 Å². The Morgan fingerprint density at radius 1 is 1.23 bits per heavy atom. The number of ether oxygens (including phenoxy) is 3. The van der Waals surface area contributed by atoms with E-state index in [1.807, 2.05) is 0 Å². The Bertz CT molecular complexity index is 504. The number of methoxy groups -OCH3 is 1. The van der Waals surface area contributed by atoms with Crippen molar-refractivity contribution in [1.82, 2.24) is 20.0 Å². The summed E-state index contributed by atoms with van der Waals surface area (Å²) in [5.74, 6) is 1.33. The van der Waals surface area contributed by atoms with E-state index in [-0.39, 0.29) is 36.4 Å². The fourth-order valence-electron chi connectivity index (χ4n) is 3.43. The molecule has 2 aliphatic rings. The number of nitrogens with one attached hydrogen (secondary N) is 1. The molecule has 0 radical (unpaired) electrons. The van der Waals surface area contributed by atoms with Crippen molar-refractivity contribution < 1.29 is 19.0 Å². The molecule has 1 atom stereocenters. The molecule has 1 N–H and O–H groups in total. The van der Waals surface area contributed by atoms with Crippen LogP contribution in [0, 0.1) is 5.92 Å². The second-order valence-corrected chi connectivity index (χ2v) is 7.83. The molecule has 1 amide bonds.